The zero-order valence-corrected chi connectivity index (χ0v) is 49.8. The molecule has 0 saturated carbocycles. The monoisotopic (exact) mass is 1050 g/mol. The fourth-order valence-electron chi connectivity index (χ4n) is 9.41. The summed E-state index contributed by atoms with van der Waals surface area (Å²) in [4.78, 5) is 38.3. The molecule has 0 bridgehead atoms. The van der Waals surface area contributed by atoms with Crippen LogP contribution < -0.4 is 0 Å². The van der Waals surface area contributed by atoms with Crippen molar-refractivity contribution in [2.45, 2.75) is 335 Å². The Morgan fingerprint density at radius 2 is 0.520 bits per heavy atom. The molecule has 0 aliphatic rings. The number of carbonyl (C=O) groups is 3. The summed E-state index contributed by atoms with van der Waals surface area (Å²) in [6, 6.07) is 0. The summed E-state index contributed by atoms with van der Waals surface area (Å²) >= 11 is 0. The van der Waals surface area contributed by atoms with E-state index in [4.69, 9.17) is 14.2 Å². The maximum Gasteiger partial charge on any atom is 0.306 e. The first-order valence-electron chi connectivity index (χ1n) is 32.4. The Morgan fingerprint density at radius 1 is 0.280 bits per heavy atom. The van der Waals surface area contributed by atoms with Crippen LogP contribution in [0, 0.1) is 0 Å². The Hall–Kier alpha value is -3.15. The third kappa shape index (κ3) is 61.6. The predicted octanol–water partition coefficient (Wildman–Crippen LogP) is 22.1. The highest BCUT2D eigenvalue weighted by molar-refractivity contribution is 5.71. The first kappa shape index (κ1) is 71.8. The van der Waals surface area contributed by atoms with Gasteiger partial charge in [0.25, 0.3) is 0 Å². The minimum atomic E-state index is -0.804. The molecule has 0 fully saturated rings. The SMILES string of the molecule is CC/C=C\C/C=C\C/C=C\C/C=C\C/C=C\C/C=C\CCC(=O)OC[C@@H](COC(=O)CCCCCCCCCCCCCCCCCCCCC)OC(=O)CCCCCCCCCCCCCCCCCCCCC. The van der Waals surface area contributed by atoms with Crippen molar-refractivity contribution in [1.82, 2.24) is 0 Å². The molecule has 0 spiro atoms. The van der Waals surface area contributed by atoms with Crippen LogP contribution >= 0.6 is 0 Å². The van der Waals surface area contributed by atoms with Gasteiger partial charge in [-0.15, -0.1) is 0 Å². The summed E-state index contributed by atoms with van der Waals surface area (Å²) < 4.78 is 16.9. The summed E-state index contributed by atoms with van der Waals surface area (Å²) in [5, 5.41) is 0. The number of ether oxygens (including phenoxy) is 3. The number of esters is 3. The molecule has 0 aromatic heterocycles. The fraction of sp³-hybridized carbons (Fsp3) is 0.783. The van der Waals surface area contributed by atoms with E-state index in [-0.39, 0.29) is 37.5 Å². The molecule has 0 aliphatic carbocycles. The highest BCUT2D eigenvalue weighted by Crippen LogP contribution is 2.18. The summed E-state index contributed by atoms with van der Waals surface area (Å²) in [5.41, 5.74) is 0. The number of hydrogen-bond donors (Lipinski definition) is 0. The van der Waals surface area contributed by atoms with E-state index in [0.29, 0.717) is 19.3 Å². The van der Waals surface area contributed by atoms with Crippen molar-refractivity contribution >= 4 is 17.9 Å². The van der Waals surface area contributed by atoms with Gasteiger partial charge in [-0.2, -0.15) is 0 Å². The quantitative estimate of drug-likeness (QED) is 0.0261. The lowest BCUT2D eigenvalue weighted by molar-refractivity contribution is -0.166. The Bertz CT molecular complexity index is 1390. The molecule has 0 heterocycles. The number of carbonyl (C=O) groups excluding carboxylic acids is 3. The largest absolute Gasteiger partial charge is 0.462 e. The molecule has 0 aliphatic heterocycles. The van der Waals surface area contributed by atoms with E-state index in [1.807, 2.05) is 6.08 Å². The van der Waals surface area contributed by atoms with Crippen molar-refractivity contribution in [3.63, 3.8) is 0 Å². The van der Waals surface area contributed by atoms with Crippen LogP contribution in [-0.4, -0.2) is 37.2 Å². The molecule has 1 atom stereocenters. The van der Waals surface area contributed by atoms with E-state index >= 15 is 0 Å². The van der Waals surface area contributed by atoms with Gasteiger partial charge in [0.2, 0.25) is 0 Å². The topological polar surface area (TPSA) is 78.9 Å². The van der Waals surface area contributed by atoms with Crippen LogP contribution in [-0.2, 0) is 28.6 Å². The first-order chi connectivity index (χ1) is 37.0. The molecule has 0 rings (SSSR count). The van der Waals surface area contributed by atoms with E-state index in [0.717, 1.165) is 77.0 Å². The maximum atomic E-state index is 12.9. The number of hydrogen-bond acceptors (Lipinski definition) is 6. The normalized spacial score (nSPS) is 12.5. The van der Waals surface area contributed by atoms with Crippen LogP contribution in [0.25, 0.3) is 0 Å². The van der Waals surface area contributed by atoms with Gasteiger partial charge in [0.1, 0.15) is 13.2 Å². The van der Waals surface area contributed by atoms with E-state index in [9.17, 15) is 14.4 Å². The number of rotatable bonds is 59. The molecule has 434 valence electrons. The Morgan fingerprint density at radius 3 is 0.813 bits per heavy atom. The van der Waals surface area contributed by atoms with E-state index in [2.05, 4.69) is 87.6 Å². The highest BCUT2D eigenvalue weighted by atomic mass is 16.6. The molecule has 0 N–H and O–H groups in total. The van der Waals surface area contributed by atoms with Crippen LogP contribution in [0.1, 0.15) is 329 Å². The van der Waals surface area contributed by atoms with Gasteiger partial charge in [0.05, 0.1) is 0 Å². The molecule has 0 unspecified atom stereocenters. The van der Waals surface area contributed by atoms with E-state index in [1.165, 1.54) is 205 Å². The molecule has 0 amide bonds. The standard InChI is InChI=1S/C69H122O6/c1-4-7-10-13-16-19-22-25-28-31-34-37-40-43-46-49-52-55-58-61-67(70)73-64-66(75-69(72)63-60-57-54-51-48-45-42-39-36-33-30-27-24-21-18-15-12-9-6-3)65-74-68(71)62-59-56-53-50-47-44-41-38-35-32-29-26-23-20-17-14-11-8-5-2/h7,10,16,19,25,28,34,37,43,46,52,55,66H,4-6,8-9,11-15,17-18,20-24,26-27,29-33,35-36,38-42,44-45,47-51,53-54,56-65H2,1-3H3/b10-7-,19-16-,28-25-,37-34-,46-43-,55-52-/t66-/m0/s1. The smallest absolute Gasteiger partial charge is 0.306 e. The van der Waals surface area contributed by atoms with Gasteiger partial charge in [-0.1, -0.05) is 325 Å². The lowest BCUT2D eigenvalue weighted by Crippen LogP contribution is -2.30. The van der Waals surface area contributed by atoms with Crippen LogP contribution in [0.5, 0.6) is 0 Å². The second kappa shape index (κ2) is 63.4. The minimum absolute atomic E-state index is 0.0939. The lowest BCUT2D eigenvalue weighted by atomic mass is 10.0. The van der Waals surface area contributed by atoms with Crippen molar-refractivity contribution in [2.24, 2.45) is 0 Å². The lowest BCUT2D eigenvalue weighted by Gasteiger charge is -2.18. The first-order valence-corrected chi connectivity index (χ1v) is 32.4. The molecule has 6 nitrogen and oxygen atoms in total. The van der Waals surface area contributed by atoms with Crippen LogP contribution in [0.15, 0.2) is 72.9 Å². The summed E-state index contributed by atoms with van der Waals surface area (Å²) in [7, 11) is 0. The summed E-state index contributed by atoms with van der Waals surface area (Å²) in [5.74, 6) is -0.962. The molecule has 0 aromatic carbocycles. The van der Waals surface area contributed by atoms with Gasteiger partial charge in [0.15, 0.2) is 6.10 Å². The van der Waals surface area contributed by atoms with Crippen molar-refractivity contribution < 1.29 is 28.6 Å². The van der Waals surface area contributed by atoms with Gasteiger partial charge < -0.3 is 14.2 Å². The second-order valence-electron chi connectivity index (χ2n) is 21.7. The van der Waals surface area contributed by atoms with Crippen molar-refractivity contribution in [3.05, 3.63) is 72.9 Å². The summed E-state index contributed by atoms with van der Waals surface area (Å²) in [6.45, 7) is 6.52. The predicted molar refractivity (Wildman–Crippen MR) is 325 cm³/mol. The van der Waals surface area contributed by atoms with Gasteiger partial charge in [-0.05, 0) is 57.8 Å². The Kier molecular flexibility index (Phi) is 60.7. The van der Waals surface area contributed by atoms with Gasteiger partial charge in [-0.25, -0.2) is 0 Å². The zero-order valence-electron chi connectivity index (χ0n) is 49.8. The zero-order chi connectivity index (χ0) is 54.3. The fourth-order valence-corrected chi connectivity index (χ4v) is 9.41. The van der Waals surface area contributed by atoms with Crippen molar-refractivity contribution in [1.29, 1.82) is 0 Å². The third-order valence-corrected chi connectivity index (χ3v) is 14.2. The second-order valence-corrected chi connectivity index (χ2v) is 21.7. The van der Waals surface area contributed by atoms with E-state index < -0.39 is 6.10 Å². The maximum absolute atomic E-state index is 12.9. The average molecular weight is 1050 g/mol. The number of unbranched alkanes of at least 4 members (excludes halogenated alkanes) is 36. The highest BCUT2D eigenvalue weighted by Gasteiger charge is 2.19. The molecule has 0 saturated heterocycles. The van der Waals surface area contributed by atoms with Crippen molar-refractivity contribution in [2.75, 3.05) is 13.2 Å². The molecular weight excluding hydrogens is 925 g/mol. The molecule has 6 heteroatoms. The minimum Gasteiger partial charge on any atom is -0.462 e. The van der Waals surface area contributed by atoms with Crippen LogP contribution in [0.4, 0.5) is 0 Å². The van der Waals surface area contributed by atoms with Gasteiger partial charge >= 0.3 is 17.9 Å². The van der Waals surface area contributed by atoms with Crippen molar-refractivity contribution in [3.8, 4) is 0 Å². The summed E-state index contributed by atoms with van der Waals surface area (Å²) in [6.07, 6.45) is 82.1. The van der Waals surface area contributed by atoms with Crippen LogP contribution in [0.2, 0.25) is 0 Å². The van der Waals surface area contributed by atoms with Gasteiger partial charge in [0, 0.05) is 19.3 Å². The average Bonchev–Trinajstić information content (AvgIpc) is 3.41. The van der Waals surface area contributed by atoms with E-state index in [1.54, 1.807) is 0 Å². The molecule has 0 aromatic rings. The molecular formula is C69H122O6. The Balaban J connectivity index is 4.43. The Labute approximate surface area is 465 Å². The van der Waals surface area contributed by atoms with Gasteiger partial charge in [-0.3, -0.25) is 14.4 Å². The number of allylic oxidation sites excluding steroid dienone is 12. The van der Waals surface area contributed by atoms with Crippen LogP contribution in [0.3, 0.4) is 0 Å². The molecule has 75 heavy (non-hydrogen) atoms. The molecule has 0 radical (unpaired) electrons. The third-order valence-electron chi connectivity index (χ3n) is 14.2.